The third kappa shape index (κ3) is 5.30. The molecule has 6 nitrogen and oxygen atoms in total. The number of hydrogen-bond acceptors (Lipinski definition) is 5. The smallest absolute Gasteiger partial charge is 0.282 e. The molecule has 0 spiro atoms. The average molecular weight is 626 g/mol. The first kappa shape index (κ1) is 24.7. The second kappa shape index (κ2) is 10.5. The number of fused-ring (bicyclic) bond motifs is 1. The van der Waals surface area contributed by atoms with Gasteiger partial charge in [-0.2, -0.15) is 9.78 Å². The van der Waals surface area contributed by atoms with Gasteiger partial charge in [-0.1, -0.05) is 61.1 Å². The summed E-state index contributed by atoms with van der Waals surface area (Å²) in [4.78, 5) is 17.6. The van der Waals surface area contributed by atoms with E-state index in [-0.39, 0.29) is 12.2 Å². The Morgan fingerprint density at radius 3 is 2.59 bits per heavy atom. The number of halogens is 4. The first-order chi connectivity index (χ1) is 16.3. The summed E-state index contributed by atoms with van der Waals surface area (Å²) in [5, 5.41) is 5.79. The van der Waals surface area contributed by atoms with E-state index in [2.05, 4.69) is 41.9 Å². The van der Waals surface area contributed by atoms with Crippen molar-refractivity contribution < 1.29 is 9.47 Å². The third-order valence-electron chi connectivity index (χ3n) is 4.92. The van der Waals surface area contributed by atoms with Crippen molar-refractivity contribution in [2.45, 2.75) is 13.5 Å². The van der Waals surface area contributed by atoms with E-state index in [9.17, 15) is 4.79 Å². The molecule has 0 fully saturated rings. The maximum Gasteiger partial charge on any atom is 0.282 e. The van der Waals surface area contributed by atoms with Crippen LogP contribution >= 0.6 is 55.1 Å². The van der Waals surface area contributed by atoms with Crippen molar-refractivity contribution >= 4 is 72.2 Å². The van der Waals surface area contributed by atoms with Gasteiger partial charge in [-0.15, -0.1) is 0 Å². The van der Waals surface area contributed by atoms with E-state index in [0.29, 0.717) is 43.8 Å². The van der Waals surface area contributed by atoms with Gasteiger partial charge in [-0.3, -0.25) is 4.79 Å². The van der Waals surface area contributed by atoms with E-state index < -0.39 is 0 Å². The van der Waals surface area contributed by atoms with Crippen LogP contribution in [0.3, 0.4) is 0 Å². The lowest BCUT2D eigenvalue weighted by Gasteiger charge is -2.14. The minimum Gasteiger partial charge on any atom is -0.493 e. The van der Waals surface area contributed by atoms with Gasteiger partial charge in [-0.25, -0.2) is 4.98 Å². The van der Waals surface area contributed by atoms with E-state index in [0.717, 1.165) is 14.5 Å². The topological polar surface area (TPSA) is 65.7 Å². The predicted molar refractivity (Wildman–Crippen MR) is 143 cm³/mol. The standard InChI is InChI=1S/C24H17Br2Cl2N3O3/c1-13-30-21-6-4-16(25)9-18(21)24(32)31(13)29-11-15-8-17(26)10-22(33-2)23(15)34-12-14-3-5-19(27)20(28)7-14/h3-11H,12H2,1-2H3. The van der Waals surface area contributed by atoms with Crippen molar-refractivity contribution in [3.8, 4) is 11.5 Å². The number of benzene rings is 3. The Kier molecular flexibility index (Phi) is 7.62. The molecule has 1 aromatic heterocycles. The molecule has 0 amide bonds. The van der Waals surface area contributed by atoms with Crippen LogP contribution in [0.5, 0.6) is 11.5 Å². The summed E-state index contributed by atoms with van der Waals surface area (Å²) in [6, 6.07) is 14.2. The molecule has 0 radical (unpaired) electrons. The number of nitrogens with zero attached hydrogens (tertiary/aromatic N) is 3. The Morgan fingerprint density at radius 1 is 1.06 bits per heavy atom. The molecule has 0 unspecified atom stereocenters. The normalized spacial score (nSPS) is 11.4. The fourth-order valence-electron chi connectivity index (χ4n) is 3.29. The van der Waals surface area contributed by atoms with Gasteiger partial charge < -0.3 is 9.47 Å². The summed E-state index contributed by atoms with van der Waals surface area (Å²) in [7, 11) is 1.55. The highest BCUT2D eigenvalue weighted by Gasteiger charge is 2.14. The van der Waals surface area contributed by atoms with Crippen molar-refractivity contribution in [2.75, 3.05) is 7.11 Å². The van der Waals surface area contributed by atoms with E-state index in [4.69, 9.17) is 32.7 Å². The van der Waals surface area contributed by atoms with Crippen LogP contribution in [-0.2, 0) is 6.61 Å². The highest BCUT2D eigenvalue weighted by atomic mass is 79.9. The zero-order valence-corrected chi connectivity index (χ0v) is 22.7. The molecule has 0 N–H and O–H groups in total. The lowest BCUT2D eigenvalue weighted by molar-refractivity contribution is 0.284. The van der Waals surface area contributed by atoms with Gasteiger partial charge in [0.1, 0.15) is 12.4 Å². The van der Waals surface area contributed by atoms with Crippen LogP contribution in [0.15, 0.2) is 67.4 Å². The zero-order valence-electron chi connectivity index (χ0n) is 18.0. The second-order valence-electron chi connectivity index (χ2n) is 7.25. The van der Waals surface area contributed by atoms with E-state index >= 15 is 0 Å². The molecular weight excluding hydrogens is 609 g/mol. The Morgan fingerprint density at radius 2 is 1.85 bits per heavy atom. The Bertz CT molecular complexity index is 1490. The van der Waals surface area contributed by atoms with Crippen molar-refractivity contribution in [2.24, 2.45) is 5.10 Å². The van der Waals surface area contributed by atoms with Crippen LogP contribution < -0.4 is 15.0 Å². The maximum atomic E-state index is 13.1. The van der Waals surface area contributed by atoms with Crippen LogP contribution in [-0.4, -0.2) is 23.0 Å². The molecule has 0 saturated carbocycles. The van der Waals surface area contributed by atoms with E-state index in [1.54, 1.807) is 44.4 Å². The average Bonchev–Trinajstić information content (AvgIpc) is 2.80. The van der Waals surface area contributed by atoms with Crippen molar-refractivity contribution in [3.63, 3.8) is 0 Å². The van der Waals surface area contributed by atoms with Gasteiger partial charge in [0.2, 0.25) is 0 Å². The number of aryl methyl sites for hydroxylation is 1. The predicted octanol–water partition coefficient (Wildman–Crippen LogP) is 7.01. The molecule has 4 aromatic rings. The van der Waals surface area contributed by atoms with Gasteiger partial charge in [0.05, 0.1) is 34.3 Å². The monoisotopic (exact) mass is 623 g/mol. The molecule has 0 bridgehead atoms. The molecular formula is C24H17Br2Cl2N3O3. The molecule has 0 aliphatic carbocycles. The summed E-state index contributed by atoms with van der Waals surface area (Å²) in [6.45, 7) is 1.95. The Labute approximate surface area is 222 Å². The third-order valence-corrected chi connectivity index (χ3v) is 6.61. The summed E-state index contributed by atoms with van der Waals surface area (Å²) in [5.41, 5.74) is 1.76. The van der Waals surface area contributed by atoms with Gasteiger partial charge >= 0.3 is 0 Å². The van der Waals surface area contributed by atoms with Crippen molar-refractivity contribution in [1.29, 1.82) is 0 Å². The molecule has 1 heterocycles. The van der Waals surface area contributed by atoms with Crippen LogP contribution in [0.2, 0.25) is 10.0 Å². The summed E-state index contributed by atoms with van der Waals surface area (Å²) in [5.74, 6) is 1.42. The molecule has 34 heavy (non-hydrogen) atoms. The molecule has 174 valence electrons. The maximum absolute atomic E-state index is 13.1. The lowest BCUT2D eigenvalue weighted by Crippen LogP contribution is -2.20. The van der Waals surface area contributed by atoms with Gasteiger partial charge in [0, 0.05) is 14.5 Å². The van der Waals surface area contributed by atoms with Crippen molar-refractivity contribution in [1.82, 2.24) is 9.66 Å². The molecule has 0 atom stereocenters. The molecule has 10 heteroatoms. The fourth-order valence-corrected chi connectivity index (χ4v) is 4.43. The highest BCUT2D eigenvalue weighted by molar-refractivity contribution is 9.10. The lowest BCUT2D eigenvalue weighted by atomic mass is 10.2. The highest BCUT2D eigenvalue weighted by Crippen LogP contribution is 2.35. The molecule has 0 aliphatic rings. The van der Waals surface area contributed by atoms with E-state index in [1.165, 1.54) is 10.9 Å². The van der Waals surface area contributed by atoms with Crippen LogP contribution in [0.1, 0.15) is 17.0 Å². The van der Waals surface area contributed by atoms with Crippen LogP contribution in [0.4, 0.5) is 0 Å². The minimum atomic E-state index is -0.278. The first-order valence-electron chi connectivity index (χ1n) is 9.94. The molecule has 3 aromatic carbocycles. The van der Waals surface area contributed by atoms with E-state index in [1.807, 2.05) is 18.2 Å². The summed E-state index contributed by atoms with van der Waals surface area (Å²) in [6.07, 6.45) is 1.54. The zero-order chi connectivity index (χ0) is 24.4. The minimum absolute atomic E-state index is 0.222. The quantitative estimate of drug-likeness (QED) is 0.216. The molecule has 0 saturated heterocycles. The van der Waals surface area contributed by atoms with Crippen molar-refractivity contribution in [3.05, 3.63) is 94.8 Å². The fraction of sp³-hybridized carbons (Fsp3) is 0.125. The largest absolute Gasteiger partial charge is 0.493 e. The first-order valence-corrected chi connectivity index (χ1v) is 12.3. The van der Waals surface area contributed by atoms with Crippen LogP contribution in [0.25, 0.3) is 10.9 Å². The van der Waals surface area contributed by atoms with Gasteiger partial charge in [0.25, 0.3) is 5.56 Å². The summed E-state index contributed by atoms with van der Waals surface area (Å²) >= 11 is 19.0. The number of hydrogen-bond donors (Lipinski definition) is 0. The van der Waals surface area contributed by atoms with Crippen LogP contribution in [0, 0.1) is 6.92 Å². The Balaban J connectivity index is 1.73. The van der Waals surface area contributed by atoms with Gasteiger partial charge in [-0.05, 0) is 55.0 Å². The molecule has 0 aliphatic heterocycles. The SMILES string of the molecule is COc1cc(Br)cc(C=Nn2c(C)nc3ccc(Br)cc3c2=O)c1OCc1ccc(Cl)c(Cl)c1. The van der Waals surface area contributed by atoms with Gasteiger partial charge in [0.15, 0.2) is 11.5 Å². The second-order valence-corrected chi connectivity index (χ2v) is 9.89. The number of aromatic nitrogens is 2. The number of methoxy groups -OCH3 is 1. The number of rotatable bonds is 6. The number of ether oxygens (including phenoxy) is 2. The summed E-state index contributed by atoms with van der Waals surface area (Å²) < 4.78 is 14.4. The Hall–Kier alpha value is -2.39. The molecule has 4 rings (SSSR count).